The van der Waals surface area contributed by atoms with E-state index < -0.39 is 18.7 Å². The quantitative estimate of drug-likeness (QED) is 0.261. The summed E-state index contributed by atoms with van der Waals surface area (Å²) in [4.78, 5) is 13.8. The fourth-order valence-corrected chi connectivity index (χ4v) is 6.04. The van der Waals surface area contributed by atoms with Crippen LogP contribution >= 0.6 is 11.3 Å². The van der Waals surface area contributed by atoms with Gasteiger partial charge in [-0.25, -0.2) is 9.97 Å². The van der Waals surface area contributed by atoms with Gasteiger partial charge in [0.1, 0.15) is 22.2 Å². The number of aromatic nitrogens is 3. The van der Waals surface area contributed by atoms with Crippen molar-refractivity contribution < 1.29 is 23.0 Å². The van der Waals surface area contributed by atoms with E-state index in [1.165, 1.54) is 6.07 Å². The maximum atomic E-state index is 12.9. The van der Waals surface area contributed by atoms with E-state index in [4.69, 9.17) is 4.74 Å². The van der Waals surface area contributed by atoms with Gasteiger partial charge in [0.25, 0.3) is 0 Å². The number of rotatable bonds is 8. The summed E-state index contributed by atoms with van der Waals surface area (Å²) < 4.78 is 44.1. The monoisotopic (exact) mass is 557 g/mol. The van der Waals surface area contributed by atoms with Gasteiger partial charge in [-0.15, -0.1) is 11.3 Å². The van der Waals surface area contributed by atoms with E-state index in [1.54, 1.807) is 14.0 Å². The van der Waals surface area contributed by atoms with Gasteiger partial charge in [0, 0.05) is 29.2 Å². The number of nitrogens with one attached hydrogen (secondary N) is 2. The number of alkyl halides is 3. The molecular formula is C28H30F3N5O2S. The third-order valence-corrected chi connectivity index (χ3v) is 7.95. The number of anilines is 1. The summed E-state index contributed by atoms with van der Waals surface area (Å²) in [5.74, 6) is 1.68. The lowest BCUT2D eigenvalue weighted by Gasteiger charge is -2.18. The molecule has 1 aliphatic carbocycles. The molecule has 3 atom stereocenters. The van der Waals surface area contributed by atoms with Gasteiger partial charge in [0.2, 0.25) is 0 Å². The number of aryl methyl sites for hydroxylation is 2. The predicted octanol–water partition coefficient (Wildman–Crippen LogP) is 5.58. The van der Waals surface area contributed by atoms with E-state index in [-0.39, 0.29) is 17.0 Å². The Morgan fingerprint density at radius 2 is 1.85 bits per heavy atom. The van der Waals surface area contributed by atoms with Crippen LogP contribution in [0.4, 0.5) is 19.0 Å². The summed E-state index contributed by atoms with van der Waals surface area (Å²) in [7, 11) is 1.63. The van der Waals surface area contributed by atoms with Gasteiger partial charge in [-0.05, 0) is 49.9 Å². The molecule has 39 heavy (non-hydrogen) atoms. The van der Waals surface area contributed by atoms with Crippen molar-refractivity contribution in [3.63, 3.8) is 0 Å². The fraction of sp³-hybridized carbons (Fsp3) is 0.393. The number of hydrogen-bond donors (Lipinski definition) is 3. The molecule has 0 bridgehead atoms. The molecule has 1 saturated carbocycles. The second-order valence-corrected chi connectivity index (χ2v) is 11.0. The molecule has 7 nitrogen and oxygen atoms in total. The van der Waals surface area contributed by atoms with Crippen molar-refractivity contribution in [1.29, 1.82) is 0 Å². The molecule has 1 aliphatic rings. The van der Waals surface area contributed by atoms with Crippen molar-refractivity contribution in [1.82, 2.24) is 20.3 Å². The number of halogens is 3. The topological polar surface area (TPSA) is 92.2 Å². The zero-order chi connectivity index (χ0) is 27.7. The van der Waals surface area contributed by atoms with Gasteiger partial charge in [0.15, 0.2) is 0 Å². The highest BCUT2D eigenvalue weighted by Gasteiger charge is 2.34. The van der Waals surface area contributed by atoms with Crippen LogP contribution < -0.4 is 15.4 Å². The number of thiophene rings is 1. The molecule has 0 saturated heterocycles. The number of methoxy groups -OCH3 is 1. The molecule has 5 rings (SSSR count). The molecule has 0 radical (unpaired) electrons. The predicted molar refractivity (Wildman–Crippen MR) is 146 cm³/mol. The summed E-state index contributed by atoms with van der Waals surface area (Å²) >= 11 is 1.02. The van der Waals surface area contributed by atoms with Crippen LogP contribution in [0.2, 0.25) is 0 Å². The lowest BCUT2D eigenvalue weighted by atomic mass is 10.0. The molecule has 3 N–H and O–H groups in total. The molecule has 0 amide bonds. The number of aliphatic hydroxyl groups is 1. The molecule has 0 spiro atoms. The number of ether oxygens (including phenoxy) is 1. The third kappa shape index (κ3) is 6.48. The van der Waals surface area contributed by atoms with E-state index in [9.17, 15) is 18.3 Å². The molecule has 11 heteroatoms. The van der Waals surface area contributed by atoms with Gasteiger partial charge < -0.3 is 20.5 Å². The van der Waals surface area contributed by atoms with Gasteiger partial charge in [0.05, 0.1) is 36.8 Å². The number of fused-ring (bicyclic) bond motifs is 1. The maximum absolute atomic E-state index is 12.9. The van der Waals surface area contributed by atoms with E-state index in [0.717, 1.165) is 39.5 Å². The first-order chi connectivity index (χ1) is 18.6. The smallest absolute Gasteiger partial charge is 0.393 e. The number of nitrogens with zero attached hydrogens (tertiary/aromatic N) is 3. The van der Waals surface area contributed by atoms with Crippen LogP contribution in [-0.2, 0) is 13.0 Å². The zero-order valence-electron chi connectivity index (χ0n) is 21.8. The van der Waals surface area contributed by atoms with Gasteiger partial charge in [-0.2, -0.15) is 13.2 Å². The van der Waals surface area contributed by atoms with Crippen LogP contribution in [0, 0.1) is 13.8 Å². The van der Waals surface area contributed by atoms with Crippen molar-refractivity contribution in [2.24, 2.45) is 0 Å². The van der Waals surface area contributed by atoms with Crippen molar-refractivity contribution in [2.75, 3.05) is 12.4 Å². The van der Waals surface area contributed by atoms with E-state index in [0.29, 0.717) is 41.2 Å². The molecular weight excluding hydrogens is 527 g/mol. The second kappa shape index (κ2) is 11.1. The largest absolute Gasteiger partial charge is 0.495 e. The lowest BCUT2D eigenvalue weighted by Crippen LogP contribution is -2.29. The molecule has 206 valence electrons. The zero-order valence-corrected chi connectivity index (χ0v) is 22.7. The Morgan fingerprint density at radius 1 is 1.08 bits per heavy atom. The Bertz CT molecular complexity index is 1460. The summed E-state index contributed by atoms with van der Waals surface area (Å²) in [5, 5.41) is 18.1. The first kappa shape index (κ1) is 27.3. The van der Waals surface area contributed by atoms with Crippen LogP contribution in [0.5, 0.6) is 5.75 Å². The van der Waals surface area contributed by atoms with Gasteiger partial charge in [-0.3, -0.25) is 4.98 Å². The van der Waals surface area contributed by atoms with E-state index >= 15 is 0 Å². The van der Waals surface area contributed by atoms with Crippen molar-refractivity contribution in [2.45, 2.75) is 64.0 Å². The molecule has 1 fully saturated rings. The van der Waals surface area contributed by atoms with Crippen molar-refractivity contribution in [3.8, 4) is 16.9 Å². The Hall–Kier alpha value is -3.28. The highest BCUT2D eigenvalue weighted by Crippen LogP contribution is 2.34. The highest BCUT2D eigenvalue weighted by atomic mass is 32.1. The van der Waals surface area contributed by atoms with Gasteiger partial charge >= 0.3 is 6.18 Å². The molecule has 3 aromatic heterocycles. The van der Waals surface area contributed by atoms with Crippen molar-refractivity contribution >= 4 is 27.4 Å². The Morgan fingerprint density at radius 3 is 2.56 bits per heavy atom. The fourth-order valence-electron chi connectivity index (χ4n) is 4.94. The standard InChI is InChI=1S/C28H30F3N5O2S/c1-15-25(38-3)8-19(14-32-15)18-6-4-17(5-7-18)13-33-20-9-23(24(37)10-20)36-26-22-11-21(12-28(29,30)31)39-27(22)35-16(2)34-26/h4-8,11,14,20,23-24,33,37H,9-10,12-13H2,1-3H3,(H,34,35,36)/t20-,23+,24-/m1/s1. The summed E-state index contributed by atoms with van der Waals surface area (Å²) in [6.45, 7) is 4.26. The SMILES string of the molecule is COc1cc(-c2ccc(CN[C@H]3C[C@@H](O)[C@@H](Nc4nc(C)nc5sc(CC(F)(F)F)cc45)C3)cc2)cnc1C. The van der Waals surface area contributed by atoms with E-state index in [1.807, 2.05) is 31.3 Å². The molecule has 3 heterocycles. The minimum Gasteiger partial charge on any atom is -0.495 e. The minimum absolute atomic E-state index is 0.0735. The lowest BCUT2D eigenvalue weighted by molar-refractivity contribution is -0.126. The Kier molecular flexibility index (Phi) is 7.75. The number of hydrogen-bond acceptors (Lipinski definition) is 8. The molecule has 1 aromatic carbocycles. The molecule has 0 unspecified atom stereocenters. The number of pyridine rings is 1. The average Bonchev–Trinajstić information content (AvgIpc) is 3.44. The maximum Gasteiger partial charge on any atom is 0.393 e. The highest BCUT2D eigenvalue weighted by molar-refractivity contribution is 7.18. The normalized spacial score (nSPS) is 19.5. The summed E-state index contributed by atoms with van der Waals surface area (Å²) in [5.41, 5.74) is 3.98. The first-order valence-corrected chi connectivity index (χ1v) is 13.5. The van der Waals surface area contributed by atoms with E-state index in [2.05, 4.69) is 37.7 Å². The van der Waals surface area contributed by atoms with Gasteiger partial charge in [-0.1, -0.05) is 24.3 Å². The van der Waals surface area contributed by atoms with Crippen LogP contribution in [0.1, 0.15) is 34.8 Å². The second-order valence-electron chi connectivity index (χ2n) is 9.92. The van der Waals surface area contributed by atoms with Crippen LogP contribution in [0.15, 0.2) is 42.6 Å². The van der Waals surface area contributed by atoms with Crippen molar-refractivity contribution in [3.05, 3.63) is 64.6 Å². The van der Waals surface area contributed by atoms with Crippen LogP contribution in [-0.4, -0.2) is 51.5 Å². The average molecular weight is 558 g/mol. The molecule has 0 aliphatic heterocycles. The van der Waals surface area contributed by atoms with Crippen LogP contribution in [0.25, 0.3) is 21.3 Å². The Labute approximate surface area is 228 Å². The van der Waals surface area contributed by atoms with Crippen LogP contribution in [0.3, 0.4) is 0 Å². The number of aliphatic hydroxyl groups excluding tert-OH is 1. The third-order valence-electron chi connectivity index (χ3n) is 6.92. The first-order valence-electron chi connectivity index (χ1n) is 12.7. The minimum atomic E-state index is -4.29. The Balaban J connectivity index is 1.21. The summed E-state index contributed by atoms with van der Waals surface area (Å²) in [6, 6.07) is 11.5. The molecule has 4 aromatic rings. The summed E-state index contributed by atoms with van der Waals surface area (Å²) in [6.07, 6.45) is -2.87. The number of benzene rings is 1.